The van der Waals surface area contributed by atoms with Crippen molar-refractivity contribution in [3.63, 3.8) is 0 Å². The van der Waals surface area contributed by atoms with Crippen LogP contribution < -0.4 is 9.47 Å². The van der Waals surface area contributed by atoms with Crippen molar-refractivity contribution in [3.8, 4) is 11.5 Å². The van der Waals surface area contributed by atoms with Crippen LogP contribution in [0.4, 0.5) is 0 Å². The molecular weight excluding hydrogens is 476 g/mol. The number of hydrogen-bond acceptors (Lipinski definition) is 6. The number of piperazine rings is 1. The number of carbonyl (C=O) groups is 1. The first-order valence-corrected chi connectivity index (χ1v) is 13.2. The first-order chi connectivity index (χ1) is 18.5. The van der Waals surface area contributed by atoms with Crippen molar-refractivity contribution in [3.05, 3.63) is 95.1 Å². The van der Waals surface area contributed by atoms with Crippen LogP contribution in [0.15, 0.2) is 77.9 Å². The quantitative estimate of drug-likeness (QED) is 0.445. The van der Waals surface area contributed by atoms with Gasteiger partial charge in [-0.3, -0.25) is 14.6 Å². The molecule has 0 aromatic heterocycles. The second-order valence-electron chi connectivity index (χ2n) is 10.0. The van der Waals surface area contributed by atoms with Gasteiger partial charge >= 0.3 is 0 Å². The molecule has 0 aliphatic carbocycles. The third-order valence-electron chi connectivity index (χ3n) is 7.42. The minimum Gasteiger partial charge on any atom is -0.497 e. The number of carbonyl (C=O) groups excluding carboxylic acids is 1. The Morgan fingerprint density at radius 2 is 1.61 bits per heavy atom. The Morgan fingerprint density at radius 3 is 2.29 bits per heavy atom. The molecule has 1 unspecified atom stereocenters. The predicted molar refractivity (Wildman–Crippen MR) is 150 cm³/mol. The van der Waals surface area contributed by atoms with Crippen molar-refractivity contribution < 1.29 is 14.3 Å². The summed E-state index contributed by atoms with van der Waals surface area (Å²) in [5, 5.41) is 6.55. The zero-order chi connectivity index (χ0) is 26.5. The molecule has 2 aliphatic heterocycles. The van der Waals surface area contributed by atoms with E-state index in [2.05, 4.69) is 65.3 Å². The Balaban J connectivity index is 1.32. The van der Waals surface area contributed by atoms with Crippen LogP contribution in [-0.4, -0.2) is 73.4 Å². The number of hydrazone groups is 1. The van der Waals surface area contributed by atoms with Gasteiger partial charge in [0.05, 0.1) is 32.5 Å². The Hall–Kier alpha value is -3.68. The summed E-state index contributed by atoms with van der Waals surface area (Å²) in [5.74, 6) is 1.45. The highest BCUT2D eigenvalue weighted by Crippen LogP contribution is 2.39. The number of rotatable bonds is 8. The van der Waals surface area contributed by atoms with Crippen LogP contribution in [0.2, 0.25) is 0 Å². The molecule has 1 saturated heterocycles. The van der Waals surface area contributed by atoms with Gasteiger partial charge in [0, 0.05) is 44.7 Å². The van der Waals surface area contributed by atoms with Crippen molar-refractivity contribution in [1.29, 1.82) is 0 Å². The molecule has 7 heteroatoms. The number of benzene rings is 3. The molecule has 0 bridgehead atoms. The zero-order valence-corrected chi connectivity index (χ0v) is 22.5. The van der Waals surface area contributed by atoms with E-state index >= 15 is 0 Å². The average molecular weight is 513 g/mol. The lowest BCUT2D eigenvalue weighted by molar-refractivity contribution is -0.134. The van der Waals surface area contributed by atoms with Crippen LogP contribution >= 0.6 is 0 Å². The number of aryl methyl sites for hydroxylation is 1. The van der Waals surface area contributed by atoms with Crippen molar-refractivity contribution in [2.75, 3.05) is 46.9 Å². The Bertz CT molecular complexity index is 1270. The van der Waals surface area contributed by atoms with Gasteiger partial charge in [-0.05, 0) is 36.2 Å². The van der Waals surface area contributed by atoms with Crippen LogP contribution in [0.3, 0.4) is 0 Å². The maximum Gasteiger partial charge on any atom is 0.257 e. The molecule has 3 aromatic carbocycles. The van der Waals surface area contributed by atoms with E-state index in [1.807, 2.05) is 24.3 Å². The highest BCUT2D eigenvalue weighted by atomic mass is 16.5. The second kappa shape index (κ2) is 11.8. The van der Waals surface area contributed by atoms with Crippen LogP contribution in [0.25, 0.3) is 0 Å². The van der Waals surface area contributed by atoms with Crippen molar-refractivity contribution >= 4 is 11.6 Å². The van der Waals surface area contributed by atoms with E-state index < -0.39 is 0 Å². The highest BCUT2D eigenvalue weighted by molar-refractivity contribution is 6.03. The van der Waals surface area contributed by atoms with Gasteiger partial charge in [-0.25, -0.2) is 5.01 Å². The fraction of sp³-hybridized carbons (Fsp3) is 0.355. The van der Waals surface area contributed by atoms with E-state index in [0.29, 0.717) is 13.0 Å². The molecule has 3 aromatic rings. The van der Waals surface area contributed by atoms with Crippen LogP contribution in [0.5, 0.6) is 11.5 Å². The third-order valence-corrected chi connectivity index (χ3v) is 7.42. The van der Waals surface area contributed by atoms with E-state index in [4.69, 9.17) is 14.6 Å². The number of methoxy groups -OCH3 is 2. The van der Waals surface area contributed by atoms with Gasteiger partial charge in [-0.1, -0.05) is 60.2 Å². The van der Waals surface area contributed by atoms with Gasteiger partial charge in [0.15, 0.2) is 0 Å². The van der Waals surface area contributed by atoms with Gasteiger partial charge in [0.2, 0.25) is 0 Å². The molecule has 1 fully saturated rings. The molecule has 0 radical (unpaired) electrons. The summed E-state index contributed by atoms with van der Waals surface area (Å²) in [7, 11) is 3.30. The standard InChI is InChI=1S/C31H36N4O3/c1-23-9-11-25(12-10-23)28-20-29(27-19-26(37-2)13-14-30(27)38-3)35(32-28)31(36)22-34-17-15-33(16-18-34)21-24-7-5-4-6-8-24/h4-14,19,29H,15-18,20-22H2,1-3H3. The summed E-state index contributed by atoms with van der Waals surface area (Å²) in [6.45, 7) is 6.94. The molecule has 0 spiro atoms. The predicted octanol–water partition coefficient (Wildman–Crippen LogP) is 4.51. The summed E-state index contributed by atoms with van der Waals surface area (Å²) in [4.78, 5) is 18.4. The van der Waals surface area contributed by atoms with E-state index in [1.54, 1.807) is 19.2 Å². The first kappa shape index (κ1) is 25.9. The molecule has 1 amide bonds. The molecule has 2 aliphatic rings. The van der Waals surface area contributed by atoms with E-state index in [9.17, 15) is 4.79 Å². The van der Waals surface area contributed by atoms with E-state index in [1.165, 1.54) is 11.1 Å². The number of hydrogen-bond donors (Lipinski definition) is 0. The topological polar surface area (TPSA) is 57.6 Å². The number of ether oxygens (including phenoxy) is 2. The minimum absolute atomic E-state index is 0.00139. The molecule has 198 valence electrons. The Kier molecular flexibility index (Phi) is 8.05. The Morgan fingerprint density at radius 1 is 0.895 bits per heavy atom. The molecule has 0 N–H and O–H groups in total. The molecule has 38 heavy (non-hydrogen) atoms. The van der Waals surface area contributed by atoms with Crippen molar-refractivity contribution in [2.45, 2.75) is 25.9 Å². The summed E-state index contributed by atoms with van der Waals surface area (Å²) in [6.07, 6.45) is 0.614. The fourth-order valence-corrected chi connectivity index (χ4v) is 5.21. The van der Waals surface area contributed by atoms with Gasteiger partial charge in [-0.15, -0.1) is 0 Å². The molecule has 0 saturated carbocycles. The van der Waals surface area contributed by atoms with Gasteiger partial charge < -0.3 is 9.47 Å². The summed E-state index contributed by atoms with van der Waals surface area (Å²) in [5.41, 5.74) is 5.35. The lowest BCUT2D eigenvalue weighted by Crippen LogP contribution is -2.49. The first-order valence-electron chi connectivity index (χ1n) is 13.2. The molecule has 1 atom stereocenters. The van der Waals surface area contributed by atoms with Crippen molar-refractivity contribution in [2.24, 2.45) is 5.10 Å². The molecular formula is C31H36N4O3. The normalized spacial score (nSPS) is 18.3. The summed E-state index contributed by atoms with van der Waals surface area (Å²) >= 11 is 0. The Labute approximate surface area is 225 Å². The zero-order valence-electron chi connectivity index (χ0n) is 22.5. The van der Waals surface area contributed by atoms with Gasteiger partial charge in [0.25, 0.3) is 5.91 Å². The molecule has 7 nitrogen and oxygen atoms in total. The van der Waals surface area contributed by atoms with Gasteiger partial charge in [0.1, 0.15) is 11.5 Å². The smallest absolute Gasteiger partial charge is 0.257 e. The summed E-state index contributed by atoms with van der Waals surface area (Å²) < 4.78 is 11.2. The number of amides is 1. The largest absolute Gasteiger partial charge is 0.497 e. The maximum atomic E-state index is 13.7. The van der Waals surface area contributed by atoms with Crippen molar-refractivity contribution in [1.82, 2.24) is 14.8 Å². The number of nitrogens with zero attached hydrogens (tertiary/aromatic N) is 4. The average Bonchev–Trinajstić information content (AvgIpc) is 3.40. The van der Waals surface area contributed by atoms with E-state index in [0.717, 1.165) is 61.1 Å². The molecule has 5 rings (SSSR count). The van der Waals surface area contributed by atoms with Gasteiger partial charge in [-0.2, -0.15) is 5.10 Å². The maximum absolute atomic E-state index is 13.7. The van der Waals surface area contributed by atoms with E-state index in [-0.39, 0.29) is 11.9 Å². The minimum atomic E-state index is -0.261. The highest BCUT2D eigenvalue weighted by Gasteiger charge is 2.36. The lowest BCUT2D eigenvalue weighted by Gasteiger charge is -2.35. The fourth-order valence-electron chi connectivity index (χ4n) is 5.21. The van der Waals surface area contributed by atoms with Crippen LogP contribution in [0, 0.1) is 6.92 Å². The SMILES string of the molecule is COc1ccc(OC)c(C2CC(c3ccc(C)cc3)=NN2C(=O)CN2CCN(Cc3ccccc3)CC2)c1. The molecule has 2 heterocycles. The van der Waals surface area contributed by atoms with Crippen LogP contribution in [-0.2, 0) is 11.3 Å². The second-order valence-corrected chi connectivity index (χ2v) is 10.0. The lowest BCUT2D eigenvalue weighted by atomic mass is 9.97. The third kappa shape index (κ3) is 5.90. The summed E-state index contributed by atoms with van der Waals surface area (Å²) in [6, 6.07) is 24.3. The monoisotopic (exact) mass is 512 g/mol. The van der Waals surface area contributed by atoms with Crippen LogP contribution in [0.1, 0.15) is 34.7 Å².